The maximum absolute atomic E-state index is 13.4. The molecule has 210 valence electrons. The molecule has 3 N–H and O–H groups in total. The van der Waals surface area contributed by atoms with E-state index in [4.69, 9.17) is 28.2 Å². The van der Waals surface area contributed by atoms with Gasteiger partial charge in [0.15, 0.2) is 5.82 Å². The van der Waals surface area contributed by atoms with Gasteiger partial charge in [-0.2, -0.15) is 0 Å². The predicted molar refractivity (Wildman–Crippen MR) is 157 cm³/mol. The van der Waals surface area contributed by atoms with E-state index >= 15 is 0 Å². The van der Waals surface area contributed by atoms with E-state index in [1.54, 1.807) is 6.07 Å². The first-order valence-electron chi connectivity index (χ1n) is 13.7. The summed E-state index contributed by atoms with van der Waals surface area (Å²) in [6.07, 6.45) is 5.09. The summed E-state index contributed by atoms with van der Waals surface area (Å²) in [4.78, 5) is 32.5. The second kappa shape index (κ2) is 10.1. The van der Waals surface area contributed by atoms with Gasteiger partial charge in [0.2, 0.25) is 0 Å². The highest BCUT2D eigenvalue weighted by Gasteiger charge is 2.58. The molecule has 3 aliphatic rings. The van der Waals surface area contributed by atoms with Crippen LogP contribution in [0.2, 0.25) is 10.0 Å². The molecule has 0 radical (unpaired) electrons. The maximum atomic E-state index is 13.4. The Bertz CT molecular complexity index is 1510. The fourth-order valence-corrected chi connectivity index (χ4v) is 7.77. The van der Waals surface area contributed by atoms with Crippen LogP contribution in [0.15, 0.2) is 36.4 Å². The second-order valence-corrected chi connectivity index (χ2v) is 12.4. The van der Waals surface area contributed by atoms with Gasteiger partial charge in [-0.25, -0.2) is 4.98 Å². The zero-order valence-electron chi connectivity index (χ0n) is 22.7. The Morgan fingerprint density at radius 3 is 2.30 bits per heavy atom. The molecule has 2 aromatic carbocycles. The first kappa shape index (κ1) is 27.1. The molecular formula is C30H33Cl2N5O3. The number of carboxylic acids is 1. The molecule has 40 heavy (non-hydrogen) atoms. The summed E-state index contributed by atoms with van der Waals surface area (Å²) in [6.45, 7) is 2.42. The minimum atomic E-state index is -0.631. The van der Waals surface area contributed by atoms with E-state index in [-0.39, 0.29) is 11.3 Å². The van der Waals surface area contributed by atoms with Crippen LogP contribution in [0.4, 0.5) is 11.4 Å². The van der Waals surface area contributed by atoms with Crippen LogP contribution in [-0.4, -0.2) is 51.6 Å². The van der Waals surface area contributed by atoms with Crippen molar-refractivity contribution in [3.63, 3.8) is 0 Å². The third-order valence-electron chi connectivity index (χ3n) is 9.34. The first-order chi connectivity index (χ1) is 19.2. The van der Waals surface area contributed by atoms with E-state index in [1.807, 2.05) is 49.0 Å². The third-order valence-corrected chi connectivity index (χ3v) is 10.2. The van der Waals surface area contributed by atoms with Crippen molar-refractivity contribution in [2.45, 2.75) is 45.1 Å². The van der Waals surface area contributed by atoms with Crippen LogP contribution in [0.3, 0.4) is 0 Å². The highest BCUT2D eigenvalue weighted by molar-refractivity contribution is 6.39. The first-order valence-corrected chi connectivity index (χ1v) is 14.5. The zero-order chi connectivity index (χ0) is 28.2. The molecule has 0 atom stereocenters. The summed E-state index contributed by atoms with van der Waals surface area (Å²) >= 11 is 13.4. The Balaban J connectivity index is 1.19. The van der Waals surface area contributed by atoms with Crippen LogP contribution in [0.5, 0.6) is 0 Å². The van der Waals surface area contributed by atoms with Crippen molar-refractivity contribution in [3.8, 4) is 11.1 Å². The largest absolute Gasteiger partial charge is 0.481 e. The number of imidazole rings is 1. The standard InChI is InChI=1S/C30H33Cl2N5O3/c1-33-20-7-3-5-18(24(20)31)19-6-4-8-21(25(19)32)35-27(38)26-34-22-15-37(14-9-23(22)36(26)2)17-29-10-12-30(16-29,13-11-29)28(39)40/h3-8,33H,9-17H2,1-2H3,(H,35,38)(H,39,40). The molecule has 0 saturated heterocycles. The Kier molecular flexibility index (Phi) is 6.84. The molecule has 1 aromatic heterocycles. The van der Waals surface area contributed by atoms with Crippen molar-refractivity contribution in [2.75, 3.05) is 30.8 Å². The molecular weight excluding hydrogens is 549 g/mol. The summed E-state index contributed by atoms with van der Waals surface area (Å²) in [6, 6.07) is 11.2. The van der Waals surface area contributed by atoms with Crippen LogP contribution < -0.4 is 10.6 Å². The van der Waals surface area contributed by atoms with Crippen molar-refractivity contribution in [1.29, 1.82) is 0 Å². The molecule has 1 aliphatic heterocycles. The smallest absolute Gasteiger partial charge is 0.309 e. The molecule has 8 nitrogen and oxygen atoms in total. The maximum Gasteiger partial charge on any atom is 0.309 e. The number of rotatable bonds is 7. The van der Waals surface area contributed by atoms with Gasteiger partial charge >= 0.3 is 5.97 Å². The van der Waals surface area contributed by atoms with Crippen molar-refractivity contribution in [3.05, 3.63) is 63.7 Å². The number of aliphatic carboxylic acids is 1. The molecule has 2 fully saturated rings. The lowest BCUT2D eigenvalue weighted by Crippen LogP contribution is -2.39. The number of nitrogens with one attached hydrogen (secondary N) is 2. The normalized spacial score (nSPS) is 23.7. The number of benzene rings is 2. The summed E-state index contributed by atoms with van der Waals surface area (Å²) in [7, 11) is 3.69. The van der Waals surface area contributed by atoms with Crippen molar-refractivity contribution < 1.29 is 14.7 Å². The monoisotopic (exact) mass is 581 g/mol. The summed E-state index contributed by atoms with van der Waals surface area (Å²) in [5.41, 5.74) is 4.31. The van der Waals surface area contributed by atoms with Gasteiger partial charge in [0.1, 0.15) is 0 Å². The third kappa shape index (κ3) is 4.46. The quantitative estimate of drug-likeness (QED) is 0.312. The number of carboxylic acid groups (broad SMARTS) is 1. The molecule has 3 aromatic rings. The SMILES string of the molecule is CNc1cccc(-c2cccc(NC(=O)c3nc4c(n3C)CCN(CC35CCC(C(=O)O)(CC3)C5)C4)c2Cl)c1Cl. The molecule has 0 unspecified atom stereocenters. The Labute approximate surface area is 243 Å². The lowest BCUT2D eigenvalue weighted by molar-refractivity contribution is -0.148. The second-order valence-electron chi connectivity index (χ2n) is 11.6. The van der Waals surface area contributed by atoms with E-state index < -0.39 is 11.4 Å². The van der Waals surface area contributed by atoms with Crippen LogP contribution in [0, 0.1) is 10.8 Å². The number of amides is 1. The van der Waals surface area contributed by atoms with Crippen LogP contribution >= 0.6 is 23.2 Å². The van der Waals surface area contributed by atoms with Crippen molar-refractivity contribution in [2.24, 2.45) is 17.9 Å². The molecule has 2 bridgehead atoms. The summed E-state index contributed by atoms with van der Waals surface area (Å²) in [5.74, 6) is -0.615. The number of fused-ring (bicyclic) bond motifs is 3. The van der Waals surface area contributed by atoms with Crippen molar-refractivity contribution >= 4 is 46.5 Å². The molecule has 2 saturated carbocycles. The van der Waals surface area contributed by atoms with Crippen LogP contribution in [-0.2, 0) is 24.8 Å². The fraction of sp³-hybridized carbons (Fsp3) is 0.433. The van der Waals surface area contributed by atoms with E-state index in [0.717, 1.165) is 79.8 Å². The van der Waals surface area contributed by atoms with E-state index in [0.29, 0.717) is 28.1 Å². The molecule has 6 rings (SSSR count). The highest BCUT2D eigenvalue weighted by atomic mass is 35.5. The van der Waals surface area contributed by atoms with Gasteiger partial charge in [0.25, 0.3) is 5.91 Å². The van der Waals surface area contributed by atoms with Gasteiger partial charge in [-0.3, -0.25) is 14.5 Å². The molecule has 2 aliphatic carbocycles. The Morgan fingerprint density at radius 1 is 1.02 bits per heavy atom. The predicted octanol–water partition coefficient (Wildman–Crippen LogP) is 6.08. The lowest BCUT2D eigenvalue weighted by atomic mass is 9.81. The van der Waals surface area contributed by atoms with Gasteiger partial charge in [-0.15, -0.1) is 0 Å². The molecule has 1 amide bonds. The average molecular weight is 583 g/mol. The van der Waals surface area contributed by atoms with Crippen molar-refractivity contribution in [1.82, 2.24) is 14.5 Å². The Hall–Kier alpha value is -3.07. The molecule has 2 heterocycles. The van der Waals surface area contributed by atoms with Gasteiger partial charge in [0.05, 0.1) is 32.5 Å². The van der Waals surface area contributed by atoms with Gasteiger partial charge in [0, 0.05) is 57.0 Å². The summed E-state index contributed by atoms with van der Waals surface area (Å²) in [5, 5.41) is 16.8. The number of carbonyl (C=O) groups is 2. The number of anilines is 2. The van der Waals surface area contributed by atoms with Crippen LogP contribution in [0.1, 0.15) is 54.1 Å². The fourth-order valence-electron chi connectivity index (χ4n) is 7.18. The number of halogens is 2. The van der Waals surface area contributed by atoms with E-state index in [9.17, 15) is 14.7 Å². The number of carbonyl (C=O) groups excluding carboxylic acids is 1. The number of aromatic nitrogens is 2. The summed E-state index contributed by atoms with van der Waals surface area (Å²) < 4.78 is 1.88. The lowest BCUT2D eigenvalue weighted by Gasteiger charge is -2.35. The minimum Gasteiger partial charge on any atom is -0.481 e. The number of nitrogens with zero attached hydrogens (tertiary/aromatic N) is 3. The zero-order valence-corrected chi connectivity index (χ0v) is 24.2. The molecule has 0 spiro atoms. The number of hydrogen-bond donors (Lipinski definition) is 3. The van der Waals surface area contributed by atoms with Crippen LogP contribution in [0.25, 0.3) is 11.1 Å². The highest BCUT2D eigenvalue weighted by Crippen LogP contribution is 2.62. The van der Waals surface area contributed by atoms with Gasteiger partial charge in [-0.05, 0) is 49.7 Å². The molecule has 10 heteroatoms. The minimum absolute atomic E-state index is 0.0856. The average Bonchev–Trinajstić information content (AvgIpc) is 3.61. The van der Waals surface area contributed by atoms with Gasteiger partial charge < -0.3 is 20.3 Å². The van der Waals surface area contributed by atoms with E-state index in [1.165, 1.54) is 0 Å². The van der Waals surface area contributed by atoms with E-state index in [2.05, 4.69) is 15.5 Å². The Morgan fingerprint density at radius 2 is 1.68 bits per heavy atom. The topological polar surface area (TPSA) is 99.5 Å². The number of hydrogen-bond acceptors (Lipinski definition) is 5. The van der Waals surface area contributed by atoms with Gasteiger partial charge in [-0.1, -0.05) is 47.5 Å².